The van der Waals surface area contributed by atoms with Crippen molar-refractivity contribution in [2.45, 2.75) is 38.5 Å². The van der Waals surface area contributed by atoms with Gasteiger partial charge in [-0.3, -0.25) is 4.79 Å². The molecule has 3 aliphatic rings. The van der Waals surface area contributed by atoms with Gasteiger partial charge in [0.25, 0.3) is 0 Å². The minimum atomic E-state index is -0.114. The fraction of sp³-hybridized carbons (Fsp3) is 0.122. The maximum Gasteiger partial charge on any atom is 0.194 e. The molecule has 0 radical (unpaired) electrons. The Hall–Kier alpha value is -5.99. The highest BCUT2D eigenvalue weighted by Crippen LogP contribution is 2.53. The van der Waals surface area contributed by atoms with Crippen LogP contribution in [0.2, 0.25) is 0 Å². The standard InChI is InChI=1S/C49H37NO/c1-48(2)42-18-9-7-13-36(42)38-26-24-32(28-44(38)48)50(33-25-27-39-37-14-8-10-19-43(37)49(3,4)45(39)29-33)31-22-20-30(21-23-31)34-16-11-17-40-35-12-5-6-15-41(35)47(51)46(34)40/h5-29H,1-4H3. The van der Waals surface area contributed by atoms with Gasteiger partial charge in [-0.05, 0) is 103 Å². The number of nitrogens with zero attached hydrogens (tertiary/aromatic N) is 1. The zero-order chi connectivity index (χ0) is 34.6. The Morgan fingerprint density at radius 1 is 0.373 bits per heavy atom. The third-order valence-corrected chi connectivity index (χ3v) is 11.8. The summed E-state index contributed by atoms with van der Waals surface area (Å²) in [6.45, 7) is 9.36. The molecule has 0 saturated heterocycles. The van der Waals surface area contributed by atoms with E-state index in [4.69, 9.17) is 0 Å². The average Bonchev–Trinajstić information content (AvgIpc) is 3.68. The van der Waals surface area contributed by atoms with E-state index in [1.165, 1.54) is 44.5 Å². The number of ketones is 1. The Bertz CT molecular complexity index is 2500. The molecule has 0 aromatic heterocycles. The van der Waals surface area contributed by atoms with Gasteiger partial charge >= 0.3 is 0 Å². The van der Waals surface area contributed by atoms with Crippen LogP contribution in [0.25, 0.3) is 44.5 Å². The summed E-state index contributed by atoms with van der Waals surface area (Å²) < 4.78 is 0. The molecule has 7 aromatic rings. The number of fused-ring (bicyclic) bond motifs is 9. The van der Waals surface area contributed by atoms with E-state index in [1.807, 2.05) is 18.2 Å². The minimum Gasteiger partial charge on any atom is -0.310 e. The normalized spacial score (nSPS) is 15.0. The molecule has 0 saturated carbocycles. The van der Waals surface area contributed by atoms with E-state index < -0.39 is 0 Å². The van der Waals surface area contributed by atoms with Crippen molar-refractivity contribution in [3.05, 3.63) is 185 Å². The highest BCUT2D eigenvalue weighted by atomic mass is 16.1. The predicted octanol–water partition coefficient (Wildman–Crippen LogP) is 12.6. The number of rotatable bonds is 4. The molecule has 244 valence electrons. The molecule has 0 aliphatic heterocycles. The summed E-state index contributed by atoms with van der Waals surface area (Å²) in [5, 5.41) is 0. The highest BCUT2D eigenvalue weighted by molar-refractivity contribution is 6.24. The average molecular weight is 656 g/mol. The lowest BCUT2D eigenvalue weighted by Gasteiger charge is -2.30. The molecule has 0 amide bonds. The molecule has 3 aliphatic carbocycles. The summed E-state index contributed by atoms with van der Waals surface area (Å²) in [5.74, 6) is 0.102. The second kappa shape index (κ2) is 10.5. The van der Waals surface area contributed by atoms with Crippen molar-refractivity contribution in [1.82, 2.24) is 0 Å². The van der Waals surface area contributed by atoms with Crippen molar-refractivity contribution < 1.29 is 4.79 Å². The number of hydrogen-bond donors (Lipinski definition) is 0. The van der Waals surface area contributed by atoms with E-state index in [-0.39, 0.29) is 16.6 Å². The monoisotopic (exact) mass is 655 g/mol. The molecule has 10 rings (SSSR count). The van der Waals surface area contributed by atoms with Crippen LogP contribution in [0, 0.1) is 0 Å². The maximum atomic E-state index is 13.7. The van der Waals surface area contributed by atoms with Gasteiger partial charge in [0.05, 0.1) is 0 Å². The van der Waals surface area contributed by atoms with Gasteiger partial charge in [-0.1, -0.05) is 143 Å². The van der Waals surface area contributed by atoms with E-state index in [0.29, 0.717) is 0 Å². The largest absolute Gasteiger partial charge is 0.310 e. The van der Waals surface area contributed by atoms with Crippen molar-refractivity contribution in [1.29, 1.82) is 0 Å². The van der Waals surface area contributed by atoms with E-state index in [1.54, 1.807) is 0 Å². The van der Waals surface area contributed by atoms with Gasteiger partial charge in [0.2, 0.25) is 0 Å². The van der Waals surface area contributed by atoms with E-state index in [0.717, 1.165) is 50.4 Å². The fourth-order valence-corrected chi connectivity index (χ4v) is 9.21. The SMILES string of the molecule is CC1(C)c2ccccc2-c2ccc(N(c3ccc(-c4cccc5c4C(=O)c4ccccc4-5)cc3)c3ccc4c(c3)C(C)(C)c3ccccc3-4)cc21. The van der Waals surface area contributed by atoms with Crippen molar-refractivity contribution in [3.63, 3.8) is 0 Å². The number of carbonyl (C=O) groups is 1. The molecule has 0 fully saturated rings. The Balaban J connectivity index is 1.12. The Labute approximate surface area is 299 Å². The zero-order valence-electron chi connectivity index (χ0n) is 29.3. The second-order valence-electron chi connectivity index (χ2n) is 15.3. The molecule has 0 spiro atoms. The number of hydrogen-bond acceptors (Lipinski definition) is 2. The van der Waals surface area contributed by atoms with Crippen LogP contribution in [0.3, 0.4) is 0 Å². The second-order valence-corrected chi connectivity index (χ2v) is 15.3. The van der Waals surface area contributed by atoms with Gasteiger partial charge in [0.1, 0.15) is 0 Å². The molecule has 0 bridgehead atoms. The number of benzene rings is 7. The van der Waals surface area contributed by atoms with Gasteiger partial charge in [-0.15, -0.1) is 0 Å². The van der Waals surface area contributed by atoms with Crippen LogP contribution in [0.5, 0.6) is 0 Å². The summed E-state index contributed by atoms with van der Waals surface area (Å²) in [4.78, 5) is 16.1. The third-order valence-electron chi connectivity index (χ3n) is 11.8. The Morgan fingerprint density at radius 3 is 1.37 bits per heavy atom. The van der Waals surface area contributed by atoms with Crippen LogP contribution in [0.15, 0.2) is 152 Å². The van der Waals surface area contributed by atoms with Crippen LogP contribution in [0.1, 0.15) is 65.9 Å². The molecule has 2 nitrogen and oxygen atoms in total. The van der Waals surface area contributed by atoms with E-state index in [2.05, 4.69) is 166 Å². The summed E-state index contributed by atoms with van der Waals surface area (Å²) in [6.07, 6.45) is 0. The summed E-state index contributed by atoms with van der Waals surface area (Å²) in [5.41, 5.74) is 19.4. The molecule has 7 aromatic carbocycles. The molecule has 0 heterocycles. The van der Waals surface area contributed by atoms with E-state index in [9.17, 15) is 4.79 Å². The summed E-state index contributed by atoms with van der Waals surface area (Å²) >= 11 is 0. The van der Waals surface area contributed by atoms with Gasteiger partial charge in [-0.25, -0.2) is 0 Å². The lowest BCUT2D eigenvalue weighted by molar-refractivity contribution is 0.104. The topological polar surface area (TPSA) is 20.3 Å². The number of anilines is 3. The minimum absolute atomic E-state index is 0.102. The van der Waals surface area contributed by atoms with Crippen LogP contribution in [-0.2, 0) is 10.8 Å². The lowest BCUT2D eigenvalue weighted by Crippen LogP contribution is -2.18. The Kier molecular flexibility index (Phi) is 6.16. The Morgan fingerprint density at radius 2 is 0.804 bits per heavy atom. The summed E-state index contributed by atoms with van der Waals surface area (Å²) in [6, 6.07) is 54.5. The number of carbonyl (C=O) groups excluding carboxylic acids is 1. The van der Waals surface area contributed by atoms with Gasteiger partial charge < -0.3 is 4.90 Å². The quantitative estimate of drug-likeness (QED) is 0.188. The smallest absolute Gasteiger partial charge is 0.194 e. The van der Waals surface area contributed by atoms with Crippen molar-refractivity contribution >= 4 is 22.8 Å². The summed E-state index contributed by atoms with van der Waals surface area (Å²) in [7, 11) is 0. The van der Waals surface area contributed by atoms with Crippen LogP contribution >= 0.6 is 0 Å². The van der Waals surface area contributed by atoms with Crippen LogP contribution < -0.4 is 4.90 Å². The highest BCUT2D eigenvalue weighted by Gasteiger charge is 2.38. The fourth-order valence-electron chi connectivity index (χ4n) is 9.21. The first kappa shape index (κ1) is 29.9. The molecule has 0 unspecified atom stereocenters. The third kappa shape index (κ3) is 4.14. The molecular formula is C49H37NO. The van der Waals surface area contributed by atoms with Crippen LogP contribution in [0.4, 0.5) is 17.1 Å². The van der Waals surface area contributed by atoms with E-state index >= 15 is 0 Å². The van der Waals surface area contributed by atoms with Gasteiger partial charge in [0, 0.05) is 39.0 Å². The van der Waals surface area contributed by atoms with Gasteiger partial charge in [-0.2, -0.15) is 0 Å². The van der Waals surface area contributed by atoms with Crippen molar-refractivity contribution in [3.8, 4) is 44.5 Å². The molecule has 0 atom stereocenters. The molecular weight excluding hydrogens is 619 g/mol. The van der Waals surface area contributed by atoms with Crippen molar-refractivity contribution in [2.75, 3.05) is 4.90 Å². The first-order valence-electron chi connectivity index (χ1n) is 17.9. The first-order valence-corrected chi connectivity index (χ1v) is 17.9. The predicted molar refractivity (Wildman–Crippen MR) is 211 cm³/mol. The molecule has 51 heavy (non-hydrogen) atoms. The lowest BCUT2D eigenvalue weighted by atomic mass is 9.82. The maximum absolute atomic E-state index is 13.7. The molecule has 0 N–H and O–H groups in total. The zero-order valence-corrected chi connectivity index (χ0v) is 29.3. The first-order chi connectivity index (χ1) is 24.7. The van der Waals surface area contributed by atoms with Gasteiger partial charge in [0.15, 0.2) is 5.78 Å². The van der Waals surface area contributed by atoms with Crippen LogP contribution in [-0.4, -0.2) is 5.78 Å². The molecule has 2 heteroatoms. The van der Waals surface area contributed by atoms with Crippen molar-refractivity contribution in [2.24, 2.45) is 0 Å².